The van der Waals surface area contributed by atoms with E-state index in [0.29, 0.717) is 18.1 Å². The van der Waals surface area contributed by atoms with E-state index in [2.05, 4.69) is 15.6 Å². The van der Waals surface area contributed by atoms with E-state index >= 15 is 0 Å². The summed E-state index contributed by atoms with van der Waals surface area (Å²) in [7, 11) is 1.53. The highest BCUT2D eigenvalue weighted by molar-refractivity contribution is 6.10. The highest BCUT2D eigenvalue weighted by Gasteiger charge is 2.25. The Hall–Kier alpha value is -3.42. The molecule has 1 atom stereocenters. The van der Waals surface area contributed by atoms with E-state index in [1.54, 1.807) is 24.3 Å². The number of nitrogens with one attached hydrogen (secondary N) is 2. The van der Waals surface area contributed by atoms with Crippen molar-refractivity contribution in [1.29, 1.82) is 0 Å². The number of ether oxygens (including phenoxy) is 2. The van der Waals surface area contributed by atoms with E-state index in [0.717, 1.165) is 5.56 Å². The van der Waals surface area contributed by atoms with Crippen molar-refractivity contribution in [2.24, 2.45) is 4.99 Å². The van der Waals surface area contributed by atoms with E-state index in [4.69, 9.17) is 9.47 Å². The lowest BCUT2D eigenvalue weighted by Crippen LogP contribution is -2.47. The number of aliphatic imine (C=N–C) groups is 1. The average Bonchev–Trinajstić information content (AvgIpc) is 2.68. The van der Waals surface area contributed by atoms with Crippen LogP contribution in [0.2, 0.25) is 0 Å². The maximum Gasteiger partial charge on any atom is 0.260 e. The molecule has 2 aromatic rings. The molecule has 0 bridgehead atoms. The molecule has 0 aliphatic carbocycles. The van der Waals surface area contributed by atoms with Gasteiger partial charge in [0.2, 0.25) is 11.9 Å². The quantitative estimate of drug-likeness (QED) is 0.828. The zero-order chi connectivity index (χ0) is 20.1. The SMILES string of the molecule is CCOc1ccc([C@H]2CC(=O)NC(NC(=O)c3ccccc3F)=N2)cc1OC. The van der Waals surface area contributed by atoms with Crippen molar-refractivity contribution in [3.05, 3.63) is 59.4 Å². The second kappa shape index (κ2) is 8.51. The van der Waals surface area contributed by atoms with Gasteiger partial charge in [-0.1, -0.05) is 18.2 Å². The molecule has 2 aromatic carbocycles. The second-order valence-electron chi connectivity index (χ2n) is 6.02. The maximum absolute atomic E-state index is 13.8. The molecule has 1 heterocycles. The number of carbonyl (C=O) groups is 2. The Kier molecular flexibility index (Phi) is 5.88. The number of guanidine groups is 1. The summed E-state index contributed by atoms with van der Waals surface area (Å²) in [5, 5.41) is 4.95. The molecule has 2 N–H and O–H groups in total. The Labute approximate surface area is 161 Å². The molecule has 1 aliphatic rings. The summed E-state index contributed by atoms with van der Waals surface area (Å²) in [6.07, 6.45) is 0.107. The van der Waals surface area contributed by atoms with Crippen LogP contribution < -0.4 is 20.1 Å². The van der Waals surface area contributed by atoms with Gasteiger partial charge in [0, 0.05) is 0 Å². The lowest BCUT2D eigenvalue weighted by Gasteiger charge is -2.22. The number of benzene rings is 2. The molecule has 0 radical (unpaired) electrons. The molecule has 0 unspecified atom stereocenters. The monoisotopic (exact) mass is 385 g/mol. The van der Waals surface area contributed by atoms with Gasteiger partial charge in [-0.15, -0.1) is 0 Å². The third kappa shape index (κ3) is 4.28. The number of amides is 2. The van der Waals surface area contributed by atoms with E-state index in [9.17, 15) is 14.0 Å². The van der Waals surface area contributed by atoms with Gasteiger partial charge in [-0.3, -0.25) is 20.2 Å². The molecule has 7 nitrogen and oxygen atoms in total. The number of rotatable bonds is 5. The van der Waals surface area contributed by atoms with Crippen molar-refractivity contribution in [3.63, 3.8) is 0 Å². The number of nitrogens with zero attached hydrogens (tertiary/aromatic N) is 1. The fourth-order valence-electron chi connectivity index (χ4n) is 2.83. The predicted octanol–water partition coefficient (Wildman–Crippen LogP) is 2.58. The third-order valence-corrected chi connectivity index (χ3v) is 4.14. The zero-order valence-electron chi connectivity index (χ0n) is 15.5. The largest absolute Gasteiger partial charge is 0.493 e. The highest BCUT2D eigenvalue weighted by Crippen LogP contribution is 2.33. The lowest BCUT2D eigenvalue weighted by atomic mass is 10.0. The Morgan fingerprint density at radius 1 is 1.29 bits per heavy atom. The summed E-state index contributed by atoms with van der Waals surface area (Å²) < 4.78 is 24.6. The smallest absolute Gasteiger partial charge is 0.260 e. The molecule has 0 aromatic heterocycles. The Balaban J connectivity index is 1.84. The molecule has 0 fully saturated rings. The topological polar surface area (TPSA) is 89.0 Å². The average molecular weight is 385 g/mol. The van der Waals surface area contributed by atoms with Gasteiger partial charge < -0.3 is 9.47 Å². The molecule has 0 spiro atoms. The first-order valence-corrected chi connectivity index (χ1v) is 8.76. The van der Waals surface area contributed by atoms with E-state index in [1.165, 1.54) is 25.3 Å². The van der Waals surface area contributed by atoms with Crippen LogP contribution in [0.1, 0.15) is 35.3 Å². The van der Waals surface area contributed by atoms with Crippen molar-refractivity contribution in [3.8, 4) is 11.5 Å². The molecule has 2 amide bonds. The summed E-state index contributed by atoms with van der Waals surface area (Å²) in [5.74, 6) is -0.569. The van der Waals surface area contributed by atoms with Crippen LogP contribution in [0.25, 0.3) is 0 Å². The molecule has 8 heteroatoms. The van der Waals surface area contributed by atoms with Crippen LogP contribution in [-0.2, 0) is 4.79 Å². The van der Waals surface area contributed by atoms with Crippen LogP contribution in [0, 0.1) is 5.82 Å². The first-order chi connectivity index (χ1) is 13.5. The lowest BCUT2D eigenvalue weighted by molar-refractivity contribution is -0.120. The third-order valence-electron chi connectivity index (χ3n) is 4.14. The van der Waals surface area contributed by atoms with Crippen molar-refractivity contribution >= 4 is 17.8 Å². The number of methoxy groups -OCH3 is 1. The zero-order valence-corrected chi connectivity index (χ0v) is 15.5. The summed E-state index contributed by atoms with van der Waals surface area (Å²) in [6, 6.07) is 10.3. The first kappa shape index (κ1) is 19.3. The van der Waals surface area contributed by atoms with Crippen LogP contribution >= 0.6 is 0 Å². The van der Waals surface area contributed by atoms with Crippen molar-refractivity contribution in [2.45, 2.75) is 19.4 Å². The minimum Gasteiger partial charge on any atom is -0.493 e. The summed E-state index contributed by atoms with van der Waals surface area (Å²) in [6.45, 7) is 2.36. The molecule has 28 heavy (non-hydrogen) atoms. The minimum absolute atomic E-state index is 0.0256. The number of halogens is 1. The van der Waals surface area contributed by atoms with E-state index in [1.807, 2.05) is 6.92 Å². The van der Waals surface area contributed by atoms with Crippen LogP contribution in [0.4, 0.5) is 4.39 Å². The van der Waals surface area contributed by atoms with Crippen molar-refractivity contribution < 1.29 is 23.5 Å². The van der Waals surface area contributed by atoms with Gasteiger partial charge in [0.15, 0.2) is 11.5 Å². The Morgan fingerprint density at radius 2 is 2.07 bits per heavy atom. The summed E-state index contributed by atoms with van der Waals surface area (Å²) >= 11 is 0. The molecule has 1 aliphatic heterocycles. The fourth-order valence-corrected chi connectivity index (χ4v) is 2.83. The van der Waals surface area contributed by atoms with Crippen molar-refractivity contribution in [2.75, 3.05) is 13.7 Å². The second-order valence-corrected chi connectivity index (χ2v) is 6.02. The number of hydrogen-bond acceptors (Lipinski definition) is 5. The standard InChI is InChI=1S/C20H20FN3O4/c1-3-28-16-9-8-12(10-17(16)27-2)15-11-18(25)23-20(22-15)24-19(26)13-6-4-5-7-14(13)21/h4-10,15H,3,11H2,1-2H3,(H2,22,23,24,25,26)/t15-/m1/s1. The van der Waals surface area contributed by atoms with Crippen LogP contribution in [-0.4, -0.2) is 31.5 Å². The van der Waals surface area contributed by atoms with Gasteiger partial charge in [-0.25, -0.2) is 9.38 Å². The molecular weight excluding hydrogens is 365 g/mol. The Bertz CT molecular complexity index is 929. The fraction of sp³-hybridized carbons (Fsp3) is 0.250. The van der Waals surface area contributed by atoms with Gasteiger partial charge in [0.05, 0.1) is 31.7 Å². The molecule has 3 rings (SSSR count). The highest BCUT2D eigenvalue weighted by atomic mass is 19.1. The van der Waals surface area contributed by atoms with E-state index < -0.39 is 17.8 Å². The number of carbonyl (C=O) groups excluding carboxylic acids is 2. The van der Waals surface area contributed by atoms with Gasteiger partial charge >= 0.3 is 0 Å². The summed E-state index contributed by atoms with van der Waals surface area (Å²) in [4.78, 5) is 28.8. The van der Waals surface area contributed by atoms with Gasteiger partial charge in [-0.05, 0) is 36.8 Å². The van der Waals surface area contributed by atoms with Gasteiger partial charge in [0.1, 0.15) is 5.82 Å². The van der Waals surface area contributed by atoms with Gasteiger partial charge in [0.25, 0.3) is 5.91 Å². The van der Waals surface area contributed by atoms with Crippen LogP contribution in [0.3, 0.4) is 0 Å². The summed E-state index contributed by atoms with van der Waals surface area (Å²) in [5.41, 5.74) is 0.595. The molecule has 0 saturated carbocycles. The van der Waals surface area contributed by atoms with E-state index in [-0.39, 0.29) is 23.9 Å². The van der Waals surface area contributed by atoms with Gasteiger partial charge in [-0.2, -0.15) is 0 Å². The molecular formula is C20H20FN3O4. The minimum atomic E-state index is -0.693. The Morgan fingerprint density at radius 3 is 2.79 bits per heavy atom. The number of hydrogen-bond donors (Lipinski definition) is 2. The van der Waals surface area contributed by atoms with Crippen molar-refractivity contribution in [1.82, 2.24) is 10.6 Å². The molecule has 0 saturated heterocycles. The normalized spacial score (nSPS) is 16.0. The molecule has 146 valence electrons. The maximum atomic E-state index is 13.8. The van der Waals surface area contributed by atoms with Crippen LogP contribution in [0.5, 0.6) is 11.5 Å². The first-order valence-electron chi connectivity index (χ1n) is 8.76. The predicted molar refractivity (Wildman–Crippen MR) is 101 cm³/mol. The van der Waals surface area contributed by atoms with Crippen LogP contribution in [0.15, 0.2) is 47.5 Å².